The molecule has 24 heavy (non-hydrogen) atoms. The van der Waals surface area contributed by atoms with E-state index in [1.54, 1.807) is 11.3 Å². The Morgan fingerprint density at radius 1 is 1.29 bits per heavy atom. The number of hydrogen-bond acceptors (Lipinski definition) is 6. The van der Waals surface area contributed by atoms with Crippen molar-refractivity contribution >= 4 is 23.1 Å². The van der Waals surface area contributed by atoms with Gasteiger partial charge < -0.3 is 10.6 Å². The molecule has 0 atom stereocenters. The van der Waals surface area contributed by atoms with Crippen LogP contribution >= 0.6 is 11.3 Å². The number of carbonyl (C=O) groups is 1. The number of tetrazole rings is 1. The lowest BCUT2D eigenvalue weighted by atomic mass is 10.2. The van der Waals surface area contributed by atoms with Gasteiger partial charge in [0.2, 0.25) is 0 Å². The minimum Gasteiger partial charge on any atom is -0.331 e. The van der Waals surface area contributed by atoms with Crippen molar-refractivity contribution in [2.75, 3.05) is 5.32 Å². The number of aromatic nitrogens is 5. The highest BCUT2D eigenvalue weighted by atomic mass is 32.1. The van der Waals surface area contributed by atoms with Crippen molar-refractivity contribution in [3.63, 3.8) is 0 Å². The lowest BCUT2D eigenvalue weighted by Crippen LogP contribution is -2.28. The summed E-state index contributed by atoms with van der Waals surface area (Å²) in [5.74, 6) is 0. The molecule has 3 aromatic rings. The van der Waals surface area contributed by atoms with Crippen LogP contribution in [0.25, 0.3) is 5.69 Å². The predicted octanol–water partition coefficient (Wildman–Crippen LogP) is 2.37. The number of aryl methyl sites for hydroxylation is 3. The van der Waals surface area contributed by atoms with Crippen molar-refractivity contribution in [1.82, 2.24) is 30.5 Å². The van der Waals surface area contributed by atoms with Crippen LogP contribution in [0.15, 0.2) is 24.5 Å². The first-order chi connectivity index (χ1) is 11.5. The van der Waals surface area contributed by atoms with E-state index < -0.39 is 0 Å². The maximum Gasteiger partial charge on any atom is 0.319 e. The van der Waals surface area contributed by atoms with Crippen LogP contribution in [0.2, 0.25) is 0 Å². The van der Waals surface area contributed by atoms with Crippen molar-refractivity contribution in [3.05, 3.63) is 45.7 Å². The molecule has 0 radical (unpaired) electrons. The summed E-state index contributed by atoms with van der Waals surface area (Å²) < 4.78 is 1.53. The summed E-state index contributed by atoms with van der Waals surface area (Å²) in [4.78, 5) is 17.7. The van der Waals surface area contributed by atoms with E-state index in [0.29, 0.717) is 12.2 Å². The van der Waals surface area contributed by atoms with E-state index in [2.05, 4.69) is 31.1 Å². The van der Waals surface area contributed by atoms with E-state index in [1.165, 1.54) is 11.0 Å². The molecule has 0 spiro atoms. The lowest BCUT2D eigenvalue weighted by Gasteiger charge is -2.11. The average molecular weight is 343 g/mol. The van der Waals surface area contributed by atoms with Gasteiger partial charge in [0, 0.05) is 10.6 Å². The molecule has 9 heteroatoms. The molecule has 0 aliphatic heterocycles. The first-order valence-electron chi connectivity index (χ1n) is 7.34. The second kappa shape index (κ2) is 6.75. The molecule has 2 heterocycles. The van der Waals surface area contributed by atoms with Crippen LogP contribution in [-0.4, -0.2) is 31.2 Å². The van der Waals surface area contributed by atoms with Gasteiger partial charge >= 0.3 is 6.03 Å². The van der Waals surface area contributed by atoms with Gasteiger partial charge in [-0.3, -0.25) is 0 Å². The summed E-state index contributed by atoms with van der Waals surface area (Å²) in [6, 6.07) is 5.33. The van der Waals surface area contributed by atoms with Crippen LogP contribution < -0.4 is 10.6 Å². The van der Waals surface area contributed by atoms with Crippen LogP contribution in [0.1, 0.15) is 21.1 Å². The van der Waals surface area contributed by atoms with E-state index in [9.17, 15) is 4.79 Å². The number of nitrogens with zero attached hydrogens (tertiary/aromatic N) is 5. The summed E-state index contributed by atoms with van der Waals surface area (Å²) in [7, 11) is 0. The average Bonchev–Trinajstić information content (AvgIpc) is 3.18. The lowest BCUT2D eigenvalue weighted by molar-refractivity contribution is 0.251. The summed E-state index contributed by atoms with van der Waals surface area (Å²) in [6.45, 7) is 6.30. The largest absolute Gasteiger partial charge is 0.331 e. The van der Waals surface area contributed by atoms with Gasteiger partial charge in [-0.2, -0.15) is 0 Å². The first kappa shape index (κ1) is 16.1. The fourth-order valence-corrected chi connectivity index (χ4v) is 2.98. The summed E-state index contributed by atoms with van der Waals surface area (Å²) in [5, 5.41) is 17.6. The molecule has 0 aliphatic carbocycles. The number of amides is 2. The highest BCUT2D eigenvalue weighted by molar-refractivity contribution is 7.11. The smallest absolute Gasteiger partial charge is 0.319 e. The second-order valence-corrected chi connectivity index (χ2v) is 6.60. The number of benzene rings is 1. The van der Waals surface area contributed by atoms with Crippen LogP contribution in [0, 0.1) is 20.8 Å². The third-order valence-corrected chi connectivity index (χ3v) is 4.63. The molecule has 3 rings (SSSR count). The molecule has 0 aliphatic rings. The second-order valence-electron chi connectivity index (χ2n) is 5.31. The highest BCUT2D eigenvalue weighted by Crippen LogP contribution is 2.19. The Kier molecular flexibility index (Phi) is 4.52. The van der Waals surface area contributed by atoms with Crippen molar-refractivity contribution in [2.24, 2.45) is 0 Å². The van der Waals surface area contributed by atoms with Gasteiger partial charge in [0.05, 0.1) is 17.9 Å². The zero-order valence-electron chi connectivity index (χ0n) is 13.6. The van der Waals surface area contributed by atoms with Gasteiger partial charge in [-0.1, -0.05) is 6.07 Å². The van der Waals surface area contributed by atoms with Gasteiger partial charge in [0.25, 0.3) is 0 Å². The van der Waals surface area contributed by atoms with Crippen LogP contribution in [-0.2, 0) is 6.54 Å². The molecular weight excluding hydrogens is 326 g/mol. The minimum atomic E-state index is -0.280. The van der Waals surface area contributed by atoms with Crippen molar-refractivity contribution in [3.8, 4) is 5.69 Å². The Hall–Kier alpha value is -2.81. The van der Waals surface area contributed by atoms with Crippen molar-refractivity contribution in [1.29, 1.82) is 0 Å². The van der Waals surface area contributed by atoms with Crippen molar-refractivity contribution in [2.45, 2.75) is 27.3 Å². The first-order valence-corrected chi connectivity index (χ1v) is 8.16. The predicted molar refractivity (Wildman–Crippen MR) is 91.3 cm³/mol. The standard InChI is InChI=1S/C15H17N7OS/c1-9-4-5-12(22-8-17-20-21-22)6-13(9)19-15(23)16-7-14-18-10(2)11(3)24-14/h4-6,8H,7H2,1-3H3,(H2,16,19,23). The number of urea groups is 1. The molecule has 0 saturated carbocycles. The Balaban J connectivity index is 1.66. The number of anilines is 1. The monoisotopic (exact) mass is 343 g/mol. The van der Waals surface area contributed by atoms with E-state index in [4.69, 9.17) is 0 Å². The number of rotatable bonds is 4. The van der Waals surface area contributed by atoms with Crippen molar-refractivity contribution < 1.29 is 4.79 Å². The van der Waals surface area contributed by atoms with Gasteiger partial charge in [-0.05, 0) is 48.9 Å². The maximum absolute atomic E-state index is 12.1. The molecule has 8 nitrogen and oxygen atoms in total. The third-order valence-electron chi connectivity index (χ3n) is 3.56. The van der Waals surface area contributed by atoms with Crippen LogP contribution in [0.3, 0.4) is 0 Å². The quantitative estimate of drug-likeness (QED) is 0.758. The molecule has 2 amide bonds. The molecule has 0 saturated heterocycles. The SMILES string of the molecule is Cc1ccc(-n2cnnn2)cc1NC(=O)NCc1nc(C)c(C)s1. The molecule has 1 aromatic carbocycles. The Labute approximate surface area is 142 Å². The van der Waals surface area contributed by atoms with Gasteiger partial charge in [0.1, 0.15) is 11.3 Å². The van der Waals surface area contributed by atoms with Gasteiger partial charge in [-0.15, -0.1) is 16.4 Å². The zero-order valence-corrected chi connectivity index (χ0v) is 14.4. The number of nitrogens with one attached hydrogen (secondary N) is 2. The molecule has 2 aromatic heterocycles. The molecule has 0 unspecified atom stereocenters. The third kappa shape index (κ3) is 3.57. The van der Waals surface area contributed by atoms with Crippen LogP contribution in [0.4, 0.5) is 10.5 Å². The normalized spacial score (nSPS) is 10.6. The van der Waals surface area contributed by atoms with E-state index >= 15 is 0 Å². The maximum atomic E-state index is 12.1. The highest BCUT2D eigenvalue weighted by Gasteiger charge is 2.09. The fourth-order valence-electron chi connectivity index (χ4n) is 2.10. The number of thiazole rings is 1. The Bertz CT molecular complexity index is 837. The topological polar surface area (TPSA) is 97.6 Å². The summed E-state index contributed by atoms with van der Waals surface area (Å²) >= 11 is 1.59. The summed E-state index contributed by atoms with van der Waals surface area (Å²) in [6.07, 6.45) is 1.50. The van der Waals surface area contributed by atoms with E-state index in [0.717, 1.165) is 26.8 Å². The minimum absolute atomic E-state index is 0.280. The number of carbonyl (C=O) groups excluding carboxylic acids is 1. The summed E-state index contributed by atoms with van der Waals surface area (Å²) in [5.41, 5.74) is 3.42. The Morgan fingerprint density at radius 3 is 2.79 bits per heavy atom. The molecule has 124 valence electrons. The Morgan fingerprint density at radius 2 is 2.12 bits per heavy atom. The van der Waals surface area contributed by atoms with Gasteiger partial charge in [-0.25, -0.2) is 14.5 Å². The number of hydrogen-bond donors (Lipinski definition) is 2. The van der Waals surface area contributed by atoms with E-state index in [-0.39, 0.29) is 6.03 Å². The molecular formula is C15H17N7OS. The zero-order chi connectivity index (χ0) is 17.1. The van der Waals surface area contributed by atoms with Gasteiger partial charge in [0.15, 0.2) is 0 Å². The molecule has 0 bridgehead atoms. The fraction of sp³-hybridized carbons (Fsp3) is 0.267. The van der Waals surface area contributed by atoms with Crippen LogP contribution in [0.5, 0.6) is 0 Å². The molecule has 0 fully saturated rings. The van der Waals surface area contributed by atoms with E-state index in [1.807, 2.05) is 39.0 Å². The molecule has 2 N–H and O–H groups in total.